The molecule has 7 heteroatoms. The van der Waals surface area contributed by atoms with E-state index in [1.165, 1.54) is 0 Å². The number of hydrogen-bond donors (Lipinski definition) is 2. The van der Waals surface area contributed by atoms with Crippen molar-refractivity contribution >= 4 is 27.4 Å². The zero-order chi connectivity index (χ0) is 14.8. The standard InChI is InChI=1S/C12H18N2O4S/c1-8-7-10(14(3)4)5-6-11(8)13-19(17,18)9(2)12(15)16/h5-7,9,13H,1-4H3,(H,15,16). The fraction of sp³-hybridized carbons (Fsp3) is 0.417. The van der Waals surface area contributed by atoms with Crippen molar-refractivity contribution in [2.75, 3.05) is 23.7 Å². The van der Waals surface area contributed by atoms with Crippen LogP contribution in [0.5, 0.6) is 0 Å². The molecule has 0 aliphatic heterocycles. The Balaban J connectivity index is 3.04. The fourth-order valence-electron chi connectivity index (χ4n) is 1.41. The lowest BCUT2D eigenvalue weighted by molar-refractivity contribution is -0.136. The van der Waals surface area contributed by atoms with Crippen LogP contribution in [0.4, 0.5) is 11.4 Å². The third kappa shape index (κ3) is 3.60. The molecule has 0 fully saturated rings. The number of aliphatic carboxylic acids is 1. The summed E-state index contributed by atoms with van der Waals surface area (Å²) in [6.45, 7) is 2.89. The van der Waals surface area contributed by atoms with Gasteiger partial charge in [-0.2, -0.15) is 0 Å². The van der Waals surface area contributed by atoms with Crippen molar-refractivity contribution in [1.82, 2.24) is 0 Å². The maximum Gasteiger partial charge on any atom is 0.323 e. The largest absolute Gasteiger partial charge is 0.480 e. The maximum atomic E-state index is 11.8. The Kier molecular flexibility index (Phi) is 4.41. The van der Waals surface area contributed by atoms with Crippen LogP contribution in [0.1, 0.15) is 12.5 Å². The number of hydrogen-bond acceptors (Lipinski definition) is 4. The molecule has 1 unspecified atom stereocenters. The molecule has 0 amide bonds. The number of rotatable bonds is 5. The Morgan fingerprint density at radius 1 is 1.37 bits per heavy atom. The Bertz CT molecular complexity index is 581. The van der Waals surface area contributed by atoms with E-state index in [1.54, 1.807) is 19.1 Å². The molecule has 0 radical (unpaired) electrons. The lowest BCUT2D eigenvalue weighted by atomic mass is 10.2. The first-order valence-corrected chi connectivity index (χ1v) is 7.22. The summed E-state index contributed by atoms with van der Waals surface area (Å²) in [7, 11) is -0.171. The van der Waals surface area contributed by atoms with E-state index >= 15 is 0 Å². The molecule has 1 atom stereocenters. The number of nitrogens with one attached hydrogen (secondary N) is 1. The molecule has 0 aromatic heterocycles. The predicted octanol–water partition coefficient (Wildman–Crippen LogP) is 1.28. The normalized spacial score (nSPS) is 12.8. The Morgan fingerprint density at radius 3 is 2.37 bits per heavy atom. The van der Waals surface area contributed by atoms with Gasteiger partial charge < -0.3 is 10.0 Å². The lowest BCUT2D eigenvalue weighted by Crippen LogP contribution is -2.32. The summed E-state index contributed by atoms with van der Waals surface area (Å²) in [4.78, 5) is 12.6. The molecule has 1 rings (SSSR count). The highest BCUT2D eigenvalue weighted by Gasteiger charge is 2.27. The van der Waals surface area contributed by atoms with Crippen LogP contribution in [0.15, 0.2) is 18.2 Å². The van der Waals surface area contributed by atoms with Gasteiger partial charge in [-0.25, -0.2) is 8.42 Å². The van der Waals surface area contributed by atoms with Crippen LogP contribution < -0.4 is 9.62 Å². The minimum Gasteiger partial charge on any atom is -0.480 e. The third-order valence-electron chi connectivity index (χ3n) is 2.79. The molecule has 0 bridgehead atoms. The van der Waals surface area contributed by atoms with Gasteiger partial charge in [0.2, 0.25) is 10.0 Å². The predicted molar refractivity (Wildman–Crippen MR) is 75.1 cm³/mol. The Morgan fingerprint density at radius 2 is 1.95 bits per heavy atom. The number of benzene rings is 1. The van der Waals surface area contributed by atoms with Crippen LogP contribution in [-0.2, 0) is 14.8 Å². The van der Waals surface area contributed by atoms with E-state index in [4.69, 9.17) is 5.11 Å². The smallest absolute Gasteiger partial charge is 0.323 e. The summed E-state index contributed by atoms with van der Waals surface area (Å²) in [6.07, 6.45) is 0. The Hall–Kier alpha value is -1.76. The number of sulfonamides is 1. The molecular weight excluding hydrogens is 268 g/mol. The van der Waals surface area contributed by atoms with E-state index in [0.29, 0.717) is 5.69 Å². The lowest BCUT2D eigenvalue weighted by Gasteiger charge is -2.17. The van der Waals surface area contributed by atoms with Gasteiger partial charge in [0, 0.05) is 19.8 Å². The number of anilines is 2. The number of carboxylic acid groups (broad SMARTS) is 1. The molecule has 6 nitrogen and oxygen atoms in total. The molecule has 0 saturated heterocycles. The van der Waals surface area contributed by atoms with E-state index in [0.717, 1.165) is 18.2 Å². The second kappa shape index (κ2) is 5.48. The van der Waals surface area contributed by atoms with Crippen molar-refractivity contribution < 1.29 is 18.3 Å². The number of carbonyl (C=O) groups is 1. The highest BCUT2D eigenvalue weighted by atomic mass is 32.2. The minimum absolute atomic E-state index is 0.388. The molecule has 2 N–H and O–H groups in total. The first-order chi connectivity index (χ1) is 8.65. The van der Waals surface area contributed by atoms with Crippen molar-refractivity contribution in [2.45, 2.75) is 19.1 Å². The van der Waals surface area contributed by atoms with Crippen LogP contribution in [0, 0.1) is 6.92 Å². The quantitative estimate of drug-likeness (QED) is 0.851. The summed E-state index contributed by atoms with van der Waals surface area (Å²) in [6, 6.07) is 5.20. The van der Waals surface area contributed by atoms with Gasteiger partial charge in [-0.1, -0.05) is 0 Å². The van der Waals surface area contributed by atoms with Gasteiger partial charge >= 0.3 is 5.97 Å². The van der Waals surface area contributed by atoms with Crippen LogP contribution in [0.25, 0.3) is 0 Å². The van der Waals surface area contributed by atoms with Gasteiger partial charge in [0.05, 0.1) is 5.69 Å². The molecule has 19 heavy (non-hydrogen) atoms. The second-order valence-electron chi connectivity index (χ2n) is 4.52. The molecule has 0 spiro atoms. The average molecular weight is 286 g/mol. The van der Waals surface area contributed by atoms with Crippen LogP contribution in [-0.4, -0.2) is 38.8 Å². The van der Waals surface area contributed by atoms with Crippen LogP contribution >= 0.6 is 0 Å². The topological polar surface area (TPSA) is 86.7 Å². The second-order valence-corrected chi connectivity index (χ2v) is 6.52. The number of carboxylic acids is 1. The van der Waals surface area contributed by atoms with Crippen LogP contribution in [0.3, 0.4) is 0 Å². The van der Waals surface area contributed by atoms with Gasteiger partial charge in [-0.15, -0.1) is 0 Å². The fourth-order valence-corrected chi connectivity index (χ4v) is 2.39. The van der Waals surface area contributed by atoms with E-state index in [-0.39, 0.29) is 0 Å². The maximum absolute atomic E-state index is 11.8. The number of aryl methyl sites for hydroxylation is 1. The van der Waals surface area contributed by atoms with E-state index in [2.05, 4.69) is 4.72 Å². The SMILES string of the molecule is Cc1cc(N(C)C)ccc1NS(=O)(=O)C(C)C(=O)O. The molecule has 1 aromatic rings. The highest BCUT2D eigenvalue weighted by molar-refractivity contribution is 7.94. The van der Waals surface area contributed by atoms with Crippen molar-refractivity contribution in [1.29, 1.82) is 0 Å². The summed E-state index contributed by atoms with van der Waals surface area (Å²) in [5.41, 5.74) is 2.05. The molecular formula is C12H18N2O4S. The first kappa shape index (κ1) is 15.3. The van der Waals surface area contributed by atoms with Crippen molar-refractivity contribution in [2.24, 2.45) is 0 Å². The molecule has 0 aliphatic rings. The third-order valence-corrected chi connectivity index (χ3v) is 4.43. The van der Waals surface area contributed by atoms with E-state index in [9.17, 15) is 13.2 Å². The van der Waals surface area contributed by atoms with Crippen molar-refractivity contribution in [3.63, 3.8) is 0 Å². The summed E-state index contributed by atoms with van der Waals surface area (Å²) in [5, 5.41) is 7.26. The first-order valence-electron chi connectivity index (χ1n) is 5.67. The zero-order valence-electron chi connectivity index (χ0n) is 11.3. The number of nitrogens with zero attached hydrogens (tertiary/aromatic N) is 1. The minimum atomic E-state index is -3.93. The zero-order valence-corrected chi connectivity index (χ0v) is 12.2. The Labute approximate surface area is 113 Å². The van der Waals surface area contributed by atoms with Crippen molar-refractivity contribution in [3.8, 4) is 0 Å². The van der Waals surface area contributed by atoms with Gasteiger partial charge in [0.15, 0.2) is 5.25 Å². The summed E-state index contributed by atoms with van der Waals surface area (Å²) in [5.74, 6) is -1.38. The molecule has 1 aromatic carbocycles. The summed E-state index contributed by atoms with van der Waals surface area (Å²) >= 11 is 0. The van der Waals surface area contributed by atoms with E-state index < -0.39 is 21.2 Å². The molecule has 0 saturated carbocycles. The van der Waals surface area contributed by atoms with E-state index in [1.807, 2.05) is 25.1 Å². The molecule has 0 heterocycles. The van der Waals surface area contributed by atoms with Gasteiger partial charge in [0.1, 0.15) is 0 Å². The molecule has 106 valence electrons. The van der Waals surface area contributed by atoms with Gasteiger partial charge in [0.25, 0.3) is 0 Å². The average Bonchev–Trinajstić information content (AvgIpc) is 2.30. The van der Waals surface area contributed by atoms with Crippen molar-refractivity contribution in [3.05, 3.63) is 23.8 Å². The van der Waals surface area contributed by atoms with Gasteiger partial charge in [-0.05, 0) is 37.6 Å². The van der Waals surface area contributed by atoms with Crippen LogP contribution in [0.2, 0.25) is 0 Å². The molecule has 0 aliphatic carbocycles. The monoisotopic (exact) mass is 286 g/mol. The van der Waals surface area contributed by atoms with Gasteiger partial charge in [-0.3, -0.25) is 9.52 Å². The highest BCUT2D eigenvalue weighted by Crippen LogP contribution is 2.23. The summed E-state index contributed by atoms with van der Waals surface area (Å²) < 4.78 is 25.9.